The van der Waals surface area contributed by atoms with Gasteiger partial charge in [-0.3, -0.25) is 4.79 Å². The minimum Gasteiger partial charge on any atom is -0.343 e. The summed E-state index contributed by atoms with van der Waals surface area (Å²) in [6.45, 7) is 2.63. The summed E-state index contributed by atoms with van der Waals surface area (Å²) in [6.07, 6.45) is 1.74. The highest BCUT2D eigenvalue weighted by Crippen LogP contribution is 2.24. The molecule has 0 bridgehead atoms. The van der Waals surface area contributed by atoms with Gasteiger partial charge in [0.1, 0.15) is 11.0 Å². The van der Waals surface area contributed by atoms with E-state index in [2.05, 4.69) is 15.4 Å². The summed E-state index contributed by atoms with van der Waals surface area (Å²) in [7, 11) is 0. The van der Waals surface area contributed by atoms with Crippen LogP contribution in [0.3, 0.4) is 0 Å². The van der Waals surface area contributed by atoms with E-state index in [1.807, 2.05) is 59.2 Å². The van der Waals surface area contributed by atoms with Crippen LogP contribution in [0.1, 0.15) is 33.2 Å². The van der Waals surface area contributed by atoms with E-state index in [0.717, 1.165) is 22.2 Å². The molecule has 0 aliphatic carbocycles. The zero-order chi connectivity index (χ0) is 24.4. The molecule has 2 heterocycles. The summed E-state index contributed by atoms with van der Waals surface area (Å²) in [5.74, 6) is -0.682. The Bertz CT molecular complexity index is 1480. The number of benzene rings is 3. The number of hydrogen-bond acceptors (Lipinski definition) is 3. The van der Waals surface area contributed by atoms with E-state index in [-0.39, 0.29) is 16.9 Å². The third kappa shape index (κ3) is 4.81. The van der Waals surface area contributed by atoms with Gasteiger partial charge < -0.3 is 9.88 Å². The molecule has 1 unspecified atom stereocenters. The normalized spacial score (nSPS) is 12.1. The quantitative estimate of drug-likeness (QED) is 0.327. The molecule has 8 heteroatoms. The average Bonchev–Trinajstić information content (AvgIpc) is 3.39. The number of rotatable bonds is 7. The minimum absolute atomic E-state index is 0.273. The second kappa shape index (κ2) is 9.72. The maximum absolute atomic E-state index is 13.6. The molecule has 0 saturated heterocycles. The monoisotopic (exact) mass is 487 g/mol. The van der Waals surface area contributed by atoms with Crippen molar-refractivity contribution in [3.05, 3.63) is 119 Å². The standard InChI is InChI=1S/C27H23ClFN5O/c1-18-25(26(28)34(32-18)15-19-7-3-2-4-8-19)27(35)31-23(20-11-13-21(29)14-12-20)16-33-17-30-22-9-5-6-10-24(22)33/h2-14,17,23H,15-16H2,1H3,(H,31,35). The average molecular weight is 488 g/mol. The van der Waals surface area contributed by atoms with Gasteiger partial charge in [-0.1, -0.05) is 66.2 Å². The molecule has 0 fully saturated rings. The van der Waals surface area contributed by atoms with Crippen LogP contribution < -0.4 is 5.32 Å². The molecule has 0 radical (unpaired) electrons. The van der Waals surface area contributed by atoms with Gasteiger partial charge >= 0.3 is 0 Å². The Labute approximate surface area is 207 Å². The van der Waals surface area contributed by atoms with Gasteiger partial charge in [0.05, 0.1) is 41.2 Å². The number of nitrogens with one attached hydrogen (secondary N) is 1. The third-order valence-electron chi connectivity index (χ3n) is 5.95. The number of carbonyl (C=O) groups excluding carboxylic acids is 1. The number of halogens is 2. The maximum atomic E-state index is 13.6. The largest absolute Gasteiger partial charge is 0.343 e. The Balaban J connectivity index is 1.44. The zero-order valence-corrected chi connectivity index (χ0v) is 19.8. The molecule has 6 nitrogen and oxygen atoms in total. The Kier molecular flexibility index (Phi) is 6.33. The summed E-state index contributed by atoms with van der Waals surface area (Å²) in [4.78, 5) is 17.9. The summed E-state index contributed by atoms with van der Waals surface area (Å²) in [6, 6.07) is 23.2. The van der Waals surface area contributed by atoms with Crippen LogP contribution in [0, 0.1) is 12.7 Å². The lowest BCUT2D eigenvalue weighted by Gasteiger charge is -2.20. The molecule has 5 aromatic rings. The van der Waals surface area contributed by atoms with Gasteiger partial charge in [-0.05, 0) is 42.3 Å². The fraction of sp³-hybridized carbons (Fsp3) is 0.148. The summed E-state index contributed by atoms with van der Waals surface area (Å²) < 4.78 is 17.2. The van der Waals surface area contributed by atoms with Crippen molar-refractivity contribution < 1.29 is 9.18 Å². The van der Waals surface area contributed by atoms with E-state index in [9.17, 15) is 9.18 Å². The smallest absolute Gasteiger partial charge is 0.256 e. The van der Waals surface area contributed by atoms with Crippen LogP contribution in [-0.4, -0.2) is 25.2 Å². The summed E-state index contributed by atoms with van der Waals surface area (Å²) >= 11 is 6.62. The predicted octanol–water partition coefficient (Wildman–Crippen LogP) is 5.55. The van der Waals surface area contributed by atoms with Crippen molar-refractivity contribution in [1.82, 2.24) is 24.6 Å². The zero-order valence-electron chi connectivity index (χ0n) is 19.0. The van der Waals surface area contributed by atoms with E-state index in [1.165, 1.54) is 12.1 Å². The lowest BCUT2D eigenvalue weighted by atomic mass is 10.1. The second-order valence-corrected chi connectivity index (χ2v) is 8.72. The highest BCUT2D eigenvalue weighted by Gasteiger charge is 2.24. The SMILES string of the molecule is Cc1nn(Cc2ccccc2)c(Cl)c1C(=O)NC(Cn1cnc2ccccc21)c1ccc(F)cc1. The lowest BCUT2D eigenvalue weighted by molar-refractivity contribution is 0.0932. The number of hydrogen-bond donors (Lipinski definition) is 1. The van der Waals surface area contributed by atoms with Crippen molar-refractivity contribution in [2.45, 2.75) is 26.1 Å². The van der Waals surface area contributed by atoms with Gasteiger partial charge in [0.2, 0.25) is 0 Å². The van der Waals surface area contributed by atoms with Gasteiger partial charge in [-0.2, -0.15) is 5.10 Å². The second-order valence-electron chi connectivity index (χ2n) is 8.36. The highest BCUT2D eigenvalue weighted by atomic mass is 35.5. The van der Waals surface area contributed by atoms with Crippen molar-refractivity contribution in [1.29, 1.82) is 0 Å². The first kappa shape index (κ1) is 22.8. The molecule has 0 spiro atoms. The maximum Gasteiger partial charge on any atom is 0.256 e. The van der Waals surface area contributed by atoms with Gasteiger partial charge in [0.25, 0.3) is 5.91 Å². The van der Waals surface area contributed by atoms with Crippen LogP contribution in [-0.2, 0) is 13.1 Å². The molecule has 0 saturated carbocycles. The summed E-state index contributed by atoms with van der Waals surface area (Å²) in [5, 5.41) is 7.85. The van der Waals surface area contributed by atoms with Gasteiger partial charge in [-0.25, -0.2) is 14.1 Å². The topological polar surface area (TPSA) is 64.7 Å². The van der Waals surface area contributed by atoms with Gasteiger partial charge in [0, 0.05) is 6.54 Å². The van der Waals surface area contributed by atoms with E-state index in [4.69, 9.17) is 11.6 Å². The van der Waals surface area contributed by atoms with E-state index < -0.39 is 6.04 Å². The number of nitrogens with zero attached hydrogens (tertiary/aromatic N) is 4. The van der Waals surface area contributed by atoms with Crippen molar-refractivity contribution in [3.8, 4) is 0 Å². The third-order valence-corrected chi connectivity index (χ3v) is 6.34. The molecular weight excluding hydrogens is 465 g/mol. The van der Waals surface area contributed by atoms with Crippen molar-refractivity contribution >= 4 is 28.5 Å². The molecule has 1 amide bonds. The van der Waals surface area contributed by atoms with Gasteiger partial charge in [-0.15, -0.1) is 0 Å². The van der Waals surface area contributed by atoms with Crippen LogP contribution in [0.15, 0.2) is 85.2 Å². The number of amides is 1. The summed E-state index contributed by atoms with van der Waals surface area (Å²) in [5.41, 5.74) is 4.46. The highest BCUT2D eigenvalue weighted by molar-refractivity contribution is 6.33. The van der Waals surface area contributed by atoms with E-state index in [1.54, 1.807) is 30.1 Å². The van der Waals surface area contributed by atoms with Crippen molar-refractivity contribution in [3.63, 3.8) is 0 Å². The van der Waals surface area contributed by atoms with Crippen LogP contribution in [0.25, 0.3) is 11.0 Å². The molecule has 35 heavy (non-hydrogen) atoms. The molecule has 1 atom stereocenters. The molecule has 3 aromatic carbocycles. The number of carbonyl (C=O) groups is 1. The molecule has 176 valence electrons. The molecule has 0 aliphatic heterocycles. The number of imidazole rings is 1. The van der Waals surface area contributed by atoms with Crippen molar-refractivity contribution in [2.75, 3.05) is 0 Å². The van der Waals surface area contributed by atoms with Crippen LogP contribution in [0.2, 0.25) is 5.15 Å². The number of para-hydroxylation sites is 2. The Morgan fingerprint density at radius 1 is 1.03 bits per heavy atom. The Morgan fingerprint density at radius 3 is 2.51 bits per heavy atom. The van der Waals surface area contributed by atoms with Crippen LogP contribution >= 0.6 is 11.6 Å². The predicted molar refractivity (Wildman–Crippen MR) is 134 cm³/mol. The Hall–Kier alpha value is -3.97. The van der Waals surface area contributed by atoms with Crippen molar-refractivity contribution in [2.24, 2.45) is 0 Å². The minimum atomic E-state index is -0.450. The fourth-order valence-corrected chi connectivity index (χ4v) is 4.50. The number of aryl methyl sites for hydroxylation is 1. The lowest BCUT2D eigenvalue weighted by Crippen LogP contribution is -2.31. The number of aromatic nitrogens is 4. The van der Waals surface area contributed by atoms with Crippen LogP contribution in [0.5, 0.6) is 0 Å². The first-order valence-corrected chi connectivity index (χ1v) is 11.6. The molecule has 0 aliphatic rings. The number of fused-ring (bicyclic) bond motifs is 1. The first-order valence-electron chi connectivity index (χ1n) is 11.2. The molecule has 5 rings (SSSR count). The molecule has 2 aromatic heterocycles. The fourth-order valence-electron chi connectivity index (χ4n) is 4.18. The molecule has 1 N–H and O–H groups in total. The first-order chi connectivity index (χ1) is 17.0. The molecular formula is C27H23ClFN5O. The van der Waals surface area contributed by atoms with Gasteiger partial charge in [0.15, 0.2) is 0 Å². The van der Waals surface area contributed by atoms with E-state index >= 15 is 0 Å². The van der Waals surface area contributed by atoms with E-state index in [0.29, 0.717) is 24.3 Å². The Morgan fingerprint density at radius 2 is 1.74 bits per heavy atom. The van der Waals surface area contributed by atoms with Crippen LogP contribution in [0.4, 0.5) is 4.39 Å².